The van der Waals surface area contributed by atoms with Crippen LogP contribution >= 0.6 is 7.26 Å². The predicted octanol–water partition coefficient (Wildman–Crippen LogP) is 2.57. The summed E-state index contributed by atoms with van der Waals surface area (Å²) in [5, 5.41) is 0. The van der Waals surface area contributed by atoms with Crippen LogP contribution in [0, 0.1) is 0 Å². The van der Waals surface area contributed by atoms with Crippen molar-refractivity contribution in [2.45, 2.75) is 34.6 Å². The highest BCUT2D eigenvalue weighted by Crippen LogP contribution is 2.57. The lowest BCUT2D eigenvalue weighted by atomic mass is 10.9. The van der Waals surface area contributed by atoms with Gasteiger partial charge in [-0.1, -0.05) is 0 Å². The first-order chi connectivity index (χ1) is 7.30. The van der Waals surface area contributed by atoms with Crippen LogP contribution in [0.1, 0.15) is 34.6 Å². The van der Waals surface area contributed by atoms with Gasteiger partial charge in [0.25, 0.3) is 0 Å². The normalized spacial score (nSPS) is 11.9. The van der Waals surface area contributed by atoms with Crippen molar-refractivity contribution >= 4 is 17.7 Å². The fourth-order valence-electron chi connectivity index (χ4n) is 1.49. The average Bonchev–Trinajstić information content (AvgIpc) is 2.21. The minimum absolute atomic E-state index is 0.0914. The molecule has 0 aliphatic rings. The molecule has 0 N–H and O–H groups in total. The Morgan fingerprint density at radius 2 is 1.25 bits per heavy atom. The second kappa shape index (κ2) is 9.34. The third-order valence-electron chi connectivity index (χ3n) is 2.95. The molecule has 0 atom stereocenters. The molecule has 0 unspecified atom stereocenters. The van der Waals surface area contributed by atoms with E-state index in [0.29, 0.717) is 0 Å². The van der Waals surface area contributed by atoms with Crippen molar-refractivity contribution in [3.05, 3.63) is 0 Å². The van der Waals surface area contributed by atoms with Crippen LogP contribution in [0.4, 0.5) is 0 Å². The quantitative estimate of drug-likeness (QED) is 0.423. The Hall–Kier alpha value is 0.300. The number of hydrogen-bond acceptors (Lipinski definition) is 4. The second-order valence-corrected chi connectivity index (χ2v) is 9.69. The van der Waals surface area contributed by atoms with Gasteiger partial charge in [0.2, 0.25) is 10.4 Å². The molecule has 0 aliphatic carbocycles. The Kier molecular flexibility index (Phi) is 10.9. The van der Waals surface area contributed by atoms with E-state index in [1.807, 2.05) is 0 Å². The van der Waals surface area contributed by atoms with E-state index in [1.54, 1.807) is 0 Å². The maximum atomic E-state index is 9.45. The molecule has 100 valence electrons. The Balaban J connectivity index is 0. The van der Waals surface area contributed by atoms with E-state index in [2.05, 4.69) is 31.9 Å². The topological polar surface area (TPSA) is 66.4 Å². The minimum atomic E-state index is -4.42. The van der Waals surface area contributed by atoms with Crippen molar-refractivity contribution in [2.75, 3.05) is 31.3 Å². The maximum absolute atomic E-state index is 9.45. The number of hydrogen-bond donors (Lipinski definition) is 0. The van der Waals surface area contributed by atoms with E-state index in [-0.39, 0.29) is 6.61 Å². The van der Waals surface area contributed by atoms with Crippen LogP contribution in [-0.2, 0) is 14.6 Å². The van der Waals surface area contributed by atoms with Crippen LogP contribution < -0.4 is 0 Å². The summed E-state index contributed by atoms with van der Waals surface area (Å²) in [6, 6.07) is 0. The molecule has 0 saturated heterocycles. The molecule has 0 rings (SSSR count). The minimum Gasteiger partial charge on any atom is -0.726 e. The van der Waals surface area contributed by atoms with Gasteiger partial charge in [0, 0.05) is 7.26 Å². The zero-order valence-electron chi connectivity index (χ0n) is 11.0. The third-order valence-corrected chi connectivity index (χ3v) is 8.84. The summed E-state index contributed by atoms with van der Waals surface area (Å²) in [7, 11) is -4.84. The Labute approximate surface area is 101 Å². The van der Waals surface area contributed by atoms with E-state index in [1.165, 1.54) is 31.6 Å². The molecule has 0 amide bonds. The SMILES string of the molecule is CCOS(=O)(=O)[O-].CC[P+](CC)(CC)CC. The summed E-state index contributed by atoms with van der Waals surface area (Å²) >= 11 is 0. The van der Waals surface area contributed by atoms with Crippen LogP contribution in [0.25, 0.3) is 0 Å². The molecular formula is C10H25O4PS. The largest absolute Gasteiger partial charge is 0.726 e. The molecule has 4 nitrogen and oxygen atoms in total. The molecule has 6 heteroatoms. The molecule has 0 aromatic rings. The van der Waals surface area contributed by atoms with Crippen LogP contribution in [0.3, 0.4) is 0 Å². The summed E-state index contributed by atoms with van der Waals surface area (Å²) < 4.78 is 32.0. The molecule has 0 bridgehead atoms. The molecule has 0 heterocycles. The van der Waals surface area contributed by atoms with Gasteiger partial charge in [-0.2, -0.15) is 0 Å². The zero-order valence-corrected chi connectivity index (χ0v) is 12.7. The van der Waals surface area contributed by atoms with Gasteiger partial charge in [-0.05, 0) is 34.6 Å². The smallest absolute Gasteiger partial charge is 0.217 e. The van der Waals surface area contributed by atoms with Gasteiger partial charge in [0.05, 0.1) is 31.3 Å². The molecule has 0 saturated carbocycles. The molecule has 0 aliphatic heterocycles. The van der Waals surface area contributed by atoms with Crippen molar-refractivity contribution in [2.24, 2.45) is 0 Å². The third kappa shape index (κ3) is 9.52. The summed E-state index contributed by atoms with van der Waals surface area (Å²) in [4.78, 5) is 0. The molecule has 0 radical (unpaired) electrons. The first-order valence-corrected chi connectivity index (χ1v) is 9.62. The van der Waals surface area contributed by atoms with E-state index in [9.17, 15) is 13.0 Å². The van der Waals surface area contributed by atoms with E-state index in [0.717, 1.165) is 0 Å². The molecular weight excluding hydrogens is 247 g/mol. The summed E-state index contributed by atoms with van der Waals surface area (Å²) in [6.45, 7) is 10.7. The van der Waals surface area contributed by atoms with Gasteiger partial charge in [-0.3, -0.25) is 4.18 Å². The monoisotopic (exact) mass is 272 g/mol. The Morgan fingerprint density at radius 1 is 0.938 bits per heavy atom. The average molecular weight is 272 g/mol. The van der Waals surface area contributed by atoms with Crippen LogP contribution in [0.15, 0.2) is 0 Å². The van der Waals surface area contributed by atoms with Crippen molar-refractivity contribution in [3.8, 4) is 0 Å². The van der Waals surface area contributed by atoms with Gasteiger partial charge >= 0.3 is 0 Å². The van der Waals surface area contributed by atoms with Gasteiger partial charge in [0.1, 0.15) is 0 Å². The van der Waals surface area contributed by atoms with E-state index >= 15 is 0 Å². The highest BCUT2D eigenvalue weighted by molar-refractivity contribution is 7.80. The lowest BCUT2D eigenvalue weighted by molar-refractivity contribution is 0.275. The molecule has 0 aromatic carbocycles. The van der Waals surface area contributed by atoms with Gasteiger partial charge in [0.15, 0.2) is 0 Å². The first kappa shape index (κ1) is 18.7. The second-order valence-electron chi connectivity index (χ2n) is 3.42. The molecule has 0 aromatic heterocycles. The van der Waals surface area contributed by atoms with Crippen LogP contribution in [0.2, 0.25) is 0 Å². The lowest BCUT2D eigenvalue weighted by Gasteiger charge is -2.20. The first-order valence-electron chi connectivity index (χ1n) is 5.76. The predicted molar refractivity (Wildman–Crippen MR) is 70.4 cm³/mol. The summed E-state index contributed by atoms with van der Waals surface area (Å²) in [5.41, 5.74) is 0. The van der Waals surface area contributed by atoms with Crippen molar-refractivity contribution in [3.63, 3.8) is 0 Å². The van der Waals surface area contributed by atoms with Crippen molar-refractivity contribution < 1.29 is 17.2 Å². The van der Waals surface area contributed by atoms with Crippen LogP contribution in [0.5, 0.6) is 0 Å². The van der Waals surface area contributed by atoms with Gasteiger partial charge < -0.3 is 4.55 Å². The molecule has 16 heavy (non-hydrogen) atoms. The fraction of sp³-hybridized carbons (Fsp3) is 1.00. The highest BCUT2D eigenvalue weighted by Gasteiger charge is 2.27. The Morgan fingerprint density at radius 3 is 1.25 bits per heavy atom. The number of rotatable bonds is 6. The summed E-state index contributed by atoms with van der Waals surface area (Å²) in [5.74, 6) is 0. The van der Waals surface area contributed by atoms with Gasteiger partial charge in [-0.15, -0.1) is 0 Å². The molecule has 0 fully saturated rings. The van der Waals surface area contributed by atoms with Crippen LogP contribution in [-0.4, -0.2) is 44.2 Å². The van der Waals surface area contributed by atoms with Crippen molar-refractivity contribution in [1.82, 2.24) is 0 Å². The van der Waals surface area contributed by atoms with Crippen molar-refractivity contribution in [1.29, 1.82) is 0 Å². The summed E-state index contributed by atoms with van der Waals surface area (Å²) in [6.07, 6.45) is 5.82. The molecule has 0 spiro atoms. The maximum Gasteiger partial charge on any atom is 0.217 e. The standard InChI is InChI=1S/C8H20P.C2H6O4S/c1-5-9(6-2,7-3)8-4;1-2-6-7(3,4)5/h5-8H2,1-4H3;2H2,1H3,(H,3,4,5)/q+1;/p-1. The Bertz CT molecular complexity index is 230. The lowest BCUT2D eigenvalue weighted by Crippen LogP contribution is -2.04. The zero-order chi connectivity index (χ0) is 13.2. The van der Waals surface area contributed by atoms with E-state index in [4.69, 9.17) is 0 Å². The van der Waals surface area contributed by atoms with E-state index < -0.39 is 17.7 Å². The van der Waals surface area contributed by atoms with Gasteiger partial charge in [-0.25, -0.2) is 8.42 Å². The fourth-order valence-corrected chi connectivity index (χ4v) is 4.46. The highest BCUT2D eigenvalue weighted by atomic mass is 32.3.